The minimum atomic E-state index is -1.08. The van der Waals surface area contributed by atoms with Crippen LogP contribution in [-0.4, -0.2) is 38.4 Å². The normalized spacial score (nSPS) is 12.7. The number of rotatable bonds is 9. The van der Waals surface area contributed by atoms with Crippen LogP contribution < -0.4 is 0 Å². The summed E-state index contributed by atoms with van der Waals surface area (Å²) in [4.78, 5) is 48.0. The standard InChI is InChI=1S/C21H24ClNO6/c1-12(9-19(26)27)8-17(24)16-11-13-10-14(22)4-5-15(13)23(16)18(25)6-7-21(2,3)20(28)29/h4-5,10-12H,6-9H2,1-3H3,(H,26,27)(H,28,29). The summed E-state index contributed by atoms with van der Waals surface area (Å²) in [5, 5.41) is 19.2. The number of aromatic nitrogens is 1. The fourth-order valence-corrected chi connectivity index (χ4v) is 3.27. The maximum absolute atomic E-state index is 13.0. The molecule has 8 heteroatoms. The average Bonchev–Trinajstić information content (AvgIpc) is 2.97. The number of ketones is 1. The maximum Gasteiger partial charge on any atom is 0.309 e. The maximum atomic E-state index is 13.0. The van der Waals surface area contributed by atoms with Crippen LogP contribution in [0.2, 0.25) is 5.02 Å². The fraction of sp³-hybridized carbons (Fsp3) is 0.429. The minimum absolute atomic E-state index is 0.0236. The number of aliphatic carboxylic acids is 2. The number of halogens is 1. The Morgan fingerprint density at radius 1 is 1.10 bits per heavy atom. The summed E-state index contributed by atoms with van der Waals surface area (Å²) in [5.41, 5.74) is -0.429. The van der Waals surface area contributed by atoms with Crippen molar-refractivity contribution >= 4 is 46.1 Å². The number of carboxylic acids is 2. The molecule has 0 aliphatic rings. The monoisotopic (exact) mass is 421 g/mol. The van der Waals surface area contributed by atoms with E-state index in [1.54, 1.807) is 31.2 Å². The van der Waals surface area contributed by atoms with Crippen LogP contribution in [0.3, 0.4) is 0 Å². The van der Waals surface area contributed by atoms with Crippen LogP contribution in [0.5, 0.6) is 0 Å². The summed E-state index contributed by atoms with van der Waals surface area (Å²) < 4.78 is 1.29. The van der Waals surface area contributed by atoms with Crippen LogP contribution in [0, 0.1) is 11.3 Å². The molecule has 0 aliphatic heterocycles. The fourth-order valence-electron chi connectivity index (χ4n) is 3.09. The largest absolute Gasteiger partial charge is 0.481 e. The van der Waals surface area contributed by atoms with Crippen LogP contribution in [0.25, 0.3) is 10.9 Å². The SMILES string of the molecule is CC(CC(=O)O)CC(=O)c1cc2cc(Cl)ccc2n1C(=O)CCC(C)(C)C(=O)O. The van der Waals surface area contributed by atoms with E-state index in [9.17, 15) is 24.3 Å². The van der Waals surface area contributed by atoms with E-state index in [0.717, 1.165) is 0 Å². The highest BCUT2D eigenvalue weighted by molar-refractivity contribution is 6.31. The highest BCUT2D eigenvalue weighted by atomic mass is 35.5. The molecular formula is C21H24ClNO6. The van der Waals surface area contributed by atoms with Crippen molar-refractivity contribution in [2.75, 3.05) is 0 Å². The van der Waals surface area contributed by atoms with Gasteiger partial charge in [-0.3, -0.25) is 23.7 Å². The first kappa shape index (κ1) is 22.6. The summed E-state index contributed by atoms with van der Waals surface area (Å²) in [5.74, 6) is -3.14. The second-order valence-electron chi connectivity index (χ2n) is 7.98. The Balaban J connectivity index is 2.39. The minimum Gasteiger partial charge on any atom is -0.481 e. The summed E-state index contributed by atoms with van der Waals surface area (Å²) in [7, 11) is 0. The molecule has 1 aromatic carbocycles. The van der Waals surface area contributed by atoms with Crippen molar-refractivity contribution in [3.05, 3.63) is 35.0 Å². The van der Waals surface area contributed by atoms with Gasteiger partial charge in [0.15, 0.2) is 5.78 Å². The van der Waals surface area contributed by atoms with Gasteiger partial charge in [-0.05, 0) is 50.5 Å². The Bertz CT molecular complexity index is 975. The highest BCUT2D eigenvalue weighted by Gasteiger charge is 2.29. The number of nitrogens with zero attached hydrogens (tertiary/aromatic N) is 1. The van der Waals surface area contributed by atoms with Crippen molar-refractivity contribution in [3.8, 4) is 0 Å². The van der Waals surface area contributed by atoms with Crippen molar-refractivity contribution in [3.63, 3.8) is 0 Å². The Hall–Kier alpha value is -2.67. The number of hydrogen-bond acceptors (Lipinski definition) is 4. The number of carboxylic acid groups (broad SMARTS) is 2. The topological polar surface area (TPSA) is 114 Å². The zero-order valence-electron chi connectivity index (χ0n) is 16.6. The number of hydrogen-bond donors (Lipinski definition) is 2. The molecule has 2 rings (SSSR count). The van der Waals surface area contributed by atoms with Crippen molar-refractivity contribution in [1.82, 2.24) is 4.57 Å². The third kappa shape index (κ3) is 5.44. The molecule has 0 aliphatic carbocycles. The molecule has 2 N–H and O–H groups in total. The first-order chi connectivity index (χ1) is 13.4. The van der Waals surface area contributed by atoms with E-state index in [0.29, 0.717) is 15.9 Å². The lowest BCUT2D eigenvalue weighted by Gasteiger charge is -2.19. The molecule has 1 atom stereocenters. The number of carbonyl (C=O) groups excluding carboxylic acids is 2. The van der Waals surface area contributed by atoms with E-state index in [2.05, 4.69) is 0 Å². The van der Waals surface area contributed by atoms with Crippen LogP contribution in [0.1, 0.15) is 61.7 Å². The van der Waals surface area contributed by atoms with Gasteiger partial charge >= 0.3 is 11.9 Å². The Morgan fingerprint density at radius 2 is 1.76 bits per heavy atom. The van der Waals surface area contributed by atoms with Gasteiger partial charge in [0.25, 0.3) is 0 Å². The van der Waals surface area contributed by atoms with Gasteiger partial charge in [0.05, 0.1) is 16.6 Å². The first-order valence-corrected chi connectivity index (χ1v) is 9.62. The molecule has 156 valence electrons. The predicted molar refractivity (Wildman–Crippen MR) is 109 cm³/mol. The molecular weight excluding hydrogens is 398 g/mol. The molecule has 0 amide bonds. The van der Waals surface area contributed by atoms with Gasteiger partial charge in [0.2, 0.25) is 5.91 Å². The lowest BCUT2D eigenvalue weighted by molar-refractivity contribution is -0.147. The number of Topliss-reactive ketones (excluding diaryl/α,β-unsaturated/α-hetero) is 1. The second kappa shape index (κ2) is 8.78. The van der Waals surface area contributed by atoms with Gasteiger partial charge < -0.3 is 10.2 Å². The molecule has 7 nitrogen and oxygen atoms in total. The van der Waals surface area contributed by atoms with Crippen LogP contribution in [0.4, 0.5) is 0 Å². The van der Waals surface area contributed by atoms with Gasteiger partial charge in [0, 0.05) is 29.7 Å². The number of benzene rings is 1. The number of carbonyl (C=O) groups is 4. The molecule has 1 unspecified atom stereocenters. The number of fused-ring (bicyclic) bond motifs is 1. The Kier molecular flexibility index (Phi) is 6.85. The summed E-state index contributed by atoms with van der Waals surface area (Å²) in [6.45, 7) is 4.73. The molecule has 1 aromatic heterocycles. The molecule has 29 heavy (non-hydrogen) atoms. The van der Waals surface area contributed by atoms with E-state index < -0.39 is 29.2 Å². The zero-order chi connectivity index (χ0) is 21.9. The van der Waals surface area contributed by atoms with Crippen molar-refractivity contribution < 1.29 is 29.4 Å². The zero-order valence-corrected chi connectivity index (χ0v) is 17.3. The van der Waals surface area contributed by atoms with Gasteiger partial charge in [-0.2, -0.15) is 0 Å². The van der Waals surface area contributed by atoms with Gasteiger partial charge in [-0.25, -0.2) is 0 Å². The molecule has 0 fully saturated rings. The first-order valence-electron chi connectivity index (χ1n) is 9.25. The van der Waals surface area contributed by atoms with E-state index in [4.69, 9.17) is 16.7 Å². The average molecular weight is 422 g/mol. The quantitative estimate of drug-likeness (QED) is 0.576. The summed E-state index contributed by atoms with van der Waals surface area (Å²) in [6.07, 6.45) is -0.128. The van der Waals surface area contributed by atoms with Crippen LogP contribution in [-0.2, 0) is 9.59 Å². The lowest BCUT2D eigenvalue weighted by atomic mass is 9.88. The molecule has 1 heterocycles. The smallest absolute Gasteiger partial charge is 0.309 e. The third-order valence-corrected chi connectivity index (χ3v) is 5.13. The van der Waals surface area contributed by atoms with Crippen molar-refractivity contribution in [1.29, 1.82) is 0 Å². The van der Waals surface area contributed by atoms with E-state index in [1.165, 1.54) is 18.4 Å². The Labute approximate surface area is 173 Å². The predicted octanol–water partition coefficient (Wildman–Crippen LogP) is 4.51. The molecule has 0 saturated carbocycles. The highest BCUT2D eigenvalue weighted by Crippen LogP contribution is 2.28. The molecule has 0 bridgehead atoms. The van der Waals surface area contributed by atoms with Crippen LogP contribution >= 0.6 is 11.6 Å². The van der Waals surface area contributed by atoms with Crippen LogP contribution in [0.15, 0.2) is 24.3 Å². The van der Waals surface area contributed by atoms with E-state index in [1.807, 2.05) is 0 Å². The third-order valence-electron chi connectivity index (χ3n) is 4.90. The van der Waals surface area contributed by atoms with E-state index >= 15 is 0 Å². The molecule has 0 spiro atoms. The summed E-state index contributed by atoms with van der Waals surface area (Å²) in [6, 6.07) is 6.45. The van der Waals surface area contributed by atoms with E-state index in [-0.39, 0.29) is 37.2 Å². The van der Waals surface area contributed by atoms with Gasteiger partial charge in [-0.1, -0.05) is 18.5 Å². The second-order valence-corrected chi connectivity index (χ2v) is 8.42. The molecule has 2 aromatic rings. The molecule has 0 radical (unpaired) electrons. The van der Waals surface area contributed by atoms with Crippen molar-refractivity contribution in [2.45, 2.75) is 46.5 Å². The molecule has 0 saturated heterocycles. The lowest BCUT2D eigenvalue weighted by Crippen LogP contribution is -2.26. The summed E-state index contributed by atoms with van der Waals surface area (Å²) >= 11 is 6.03. The van der Waals surface area contributed by atoms with Crippen molar-refractivity contribution in [2.24, 2.45) is 11.3 Å². The Morgan fingerprint density at radius 3 is 2.34 bits per heavy atom. The van der Waals surface area contributed by atoms with Gasteiger partial charge in [0.1, 0.15) is 0 Å². The van der Waals surface area contributed by atoms with Gasteiger partial charge in [-0.15, -0.1) is 0 Å².